The van der Waals surface area contributed by atoms with Gasteiger partial charge in [-0.2, -0.15) is 0 Å². The zero-order valence-corrected chi connectivity index (χ0v) is 17.4. The van der Waals surface area contributed by atoms with Gasteiger partial charge in [-0.3, -0.25) is 14.2 Å². The molecular formula is C25H19ClN2O2. The fourth-order valence-electron chi connectivity index (χ4n) is 3.33. The first-order chi connectivity index (χ1) is 14.4. The van der Waals surface area contributed by atoms with E-state index in [9.17, 15) is 9.59 Å². The molecule has 1 heterocycles. The third-order valence-corrected chi connectivity index (χ3v) is 5.30. The van der Waals surface area contributed by atoms with Crippen LogP contribution in [0, 0.1) is 6.92 Å². The molecule has 0 bridgehead atoms. The Kier molecular flexibility index (Phi) is 5.34. The Morgan fingerprint density at radius 1 is 0.933 bits per heavy atom. The van der Waals surface area contributed by atoms with Crippen molar-refractivity contribution in [1.82, 2.24) is 9.55 Å². The highest BCUT2D eigenvalue weighted by atomic mass is 35.5. The Labute approximate surface area is 179 Å². The highest BCUT2D eigenvalue weighted by molar-refractivity contribution is 6.30. The lowest BCUT2D eigenvalue weighted by Crippen LogP contribution is -2.21. The molecule has 0 atom stereocenters. The summed E-state index contributed by atoms with van der Waals surface area (Å²) in [5.74, 6) is 0.510. The van der Waals surface area contributed by atoms with Gasteiger partial charge in [0.1, 0.15) is 5.82 Å². The van der Waals surface area contributed by atoms with Crippen LogP contribution in [0.15, 0.2) is 71.5 Å². The molecular weight excluding hydrogens is 396 g/mol. The van der Waals surface area contributed by atoms with Crippen LogP contribution in [-0.4, -0.2) is 15.3 Å². The van der Waals surface area contributed by atoms with Crippen molar-refractivity contribution in [3.63, 3.8) is 0 Å². The zero-order chi connectivity index (χ0) is 21.3. The molecule has 5 heteroatoms. The largest absolute Gasteiger partial charge is 0.296 e. The van der Waals surface area contributed by atoms with Crippen LogP contribution in [0.25, 0.3) is 23.1 Å². The van der Waals surface area contributed by atoms with E-state index in [2.05, 4.69) is 4.98 Å². The molecule has 4 nitrogen and oxygen atoms in total. The van der Waals surface area contributed by atoms with Crippen molar-refractivity contribution in [2.24, 2.45) is 7.05 Å². The first-order valence-corrected chi connectivity index (χ1v) is 9.86. The number of halogens is 1. The van der Waals surface area contributed by atoms with Gasteiger partial charge < -0.3 is 0 Å². The van der Waals surface area contributed by atoms with Crippen molar-refractivity contribution in [1.29, 1.82) is 0 Å². The molecule has 4 aromatic rings. The van der Waals surface area contributed by atoms with Gasteiger partial charge in [0.05, 0.1) is 10.9 Å². The Balaban J connectivity index is 1.61. The van der Waals surface area contributed by atoms with Gasteiger partial charge >= 0.3 is 0 Å². The minimum absolute atomic E-state index is 0.0591. The van der Waals surface area contributed by atoms with Gasteiger partial charge in [0, 0.05) is 23.2 Å². The predicted octanol–water partition coefficient (Wildman–Crippen LogP) is 5.30. The molecule has 0 fully saturated rings. The van der Waals surface area contributed by atoms with Crippen LogP contribution in [0.1, 0.15) is 32.9 Å². The summed E-state index contributed by atoms with van der Waals surface area (Å²) in [6, 6.07) is 19.8. The van der Waals surface area contributed by atoms with E-state index < -0.39 is 0 Å². The monoisotopic (exact) mass is 414 g/mol. The smallest absolute Gasteiger partial charge is 0.261 e. The first kappa shape index (κ1) is 19.8. The molecule has 0 aliphatic carbocycles. The number of benzene rings is 3. The number of aryl methyl sites for hydroxylation is 1. The van der Waals surface area contributed by atoms with Crippen LogP contribution in [0.3, 0.4) is 0 Å². The molecule has 3 aromatic carbocycles. The number of nitrogens with zero attached hydrogens (tertiary/aromatic N) is 2. The summed E-state index contributed by atoms with van der Waals surface area (Å²) in [5.41, 5.74) is 3.62. The van der Waals surface area contributed by atoms with E-state index in [4.69, 9.17) is 11.6 Å². The second-order valence-corrected chi connectivity index (χ2v) is 7.53. The average molecular weight is 415 g/mol. The van der Waals surface area contributed by atoms with Crippen molar-refractivity contribution in [2.45, 2.75) is 6.92 Å². The summed E-state index contributed by atoms with van der Waals surface area (Å²) in [6.07, 6.45) is 3.68. The van der Waals surface area contributed by atoms with Gasteiger partial charge in [-0.05, 0) is 54.5 Å². The Morgan fingerprint density at radius 2 is 1.57 bits per heavy atom. The predicted molar refractivity (Wildman–Crippen MR) is 122 cm³/mol. The maximum Gasteiger partial charge on any atom is 0.261 e. The van der Waals surface area contributed by atoms with E-state index in [0.717, 1.165) is 11.1 Å². The van der Waals surface area contributed by atoms with E-state index in [1.807, 2.05) is 43.3 Å². The highest BCUT2D eigenvalue weighted by Gasteiger charge is 2.10. The molecule has 0 aliphatic rings. The van der Waals surface area contributed by atoms with Gasteiger partial charge in [0.25, 0.3) is 5.56 Å². The van der Waals surface area contributed by atoms with Crippen molar-refractivity contribution >= 4 is 40.4 Å². The van der Waals surface area contributed by atoms with Crippen LogP contribution >= 0.6 is 11.6 Å². The molecule has 0 aliphatic heterocycles. The number of fused-ring (bicyclic) bond motifs is 1. The van der Waals surface area contributed by atoms with Crippen molar-refractivity contribution in [3.05, 3.63) is 110 Å². The van der Waals surface area contributed by atoms with Gasteiger partial charge in [-0.15, -0.1) is 0 Å². The number of ketones is 1. The minimum Gasteiger partial charge on any atom is -0.296 e. The van der Waals surface area contributed by atoms with Gasteiger partial charge in [0.15, 0.2) is 5.78 Å². The fraction of sp³-hybridized carbons (Fsp3) is 0.0800. The quantitative estimate of drug-likeness (QED) is 0.426. The summed E-state index contributed by atoms with van der Waals surface area (Å²) in [6.45, 7) is 1.91. The number of carbonyl (C=O) groups is 1. The van der Waals surface area contributed by atoms with Crippen LogP contribution < -0.4 is 5.56 Å². The van der Waals surface area contributed by atoms with Crippen LogP contribution in [0.2, 0.25) is 5.02 Å². The number of rotatable bonds is 4. The average Bonchev–Trinajstić information content (AvgIpc) is 2.75. The van der Waals surface area contributed by atoms with E-state index in [1.165, 1.54) is 0 Å². The van der Waals surface area contributed by atoms with E-state index >= 15 is 0 Å². The Bertz CT molecular complexity index is 1330. The van der Waals surface area contributed by atoms with Gasteiger partial charge in [0.2, 0.25) is 0 Å². The van der Waals surface area contributed by atoms with Crippen molar-refractivity contribution < 1.29 is 4.79 Å². The highest BCUT2D eigenvalue weighted by Crippen LogP contribution is 2.17. The van der Waals surface area contributed by atoms with E-state index in [-0.39, 0.29) is 11.3 Å². The van der Waals surface area contributed by atoms with Gasteiger partial charge in [-0.1, -0.05) is 54.1 Å². The molecule has 0 amide bonds. The second kappa shape index (κ2) is 8.09. The zero-order valence-electron chi connectivity index (χ0n) is 16.6. The Morgan fingerprint density at radius 3 is 2.23 bits per heavy atom. The topological polar surface area (TPSA) is 52.0 Å². The molecule has 30 heavy (non-hydrogen) atoms. The summed E-state index contributed by atoms with van der Waals surface area (Å²) in [7, 11) is 1.72. The fourth-order valence-corrected chi connectivity index (χ4v) is 3.45. The summed E-state index contributed by atoms with van der Waals surface area (Å²) in [4.78, 5) is 29.9. The molecule has 1 aromatic heterocycles. The van der Waals surface area contributed by atoms with Crippen LogP contribution in [0.5, 0.6) is 0 Å². The summed E-state index contributed by atoms with van der Waals surface area (Å²) >= 11 is 5.88. The third kappa shape index (κ3) is 3.82. The molecule has 4 rings (SSSR count). The number of aromatic nitrogens is 2. The maximum absolute atomic E-state index is 12.7. The summed E-state index contributed by atoms with van der Waals surface area (Å²) < 4.78 is 1.55. The number of hydrogen-bond acceptors (Lipinski definition) is 3. The molecule has 0 saturated heterocycles. The van der Waals surface area contributed by atoms with E-state index in [0.29, 0.717) is 32.9 Å². The maximum atomic E-state index is 12.7. The standard InChI is InChI=1S/C25H19ClN2O2/c1-16-4-3-5-21-23(16)25(30)28(2)22(27-21)15-8-17-6-9-18(10-7-17)24(29)19-11-13-20(26)14-12-19/h3-15H,1-2H3/b15-8+. The van der Waals surface area contributed by atoms with E-state index in [1.54, 1.807) is 54.1 Å². The molecule has 0 spiro atoms. The Hall–Kier alpha value is -3.50. The molecule has 0 unspecified atom stereocenters. The molecule has 148 valence electrons. The normalized spacial score (nSPS) is 11.3. The summed E-state index contributed by atoms with van der Waals surface area (Å²) in [5, 5.41) is 1.24. The lowest BCUT2D eigenvalue weighted by atomic mass is 10.0. The first-order valence-electron chi connectivity index (χ1n) is 9.49. The second-order valence-electron chi connectivity index (χ2n) is 7.09. The number of hydrogen-bond donors (Lipinski definition) is 0. The third-order valence-electron chi connectivity index (χ3n) is 5.05. The SMILES string of the molecule is Cc1cccc2nc(/C=C/c3ccc(C(=O)c4ccc(Cl)cc4)cc3)n(C)c(=O)c12. The lowest BCUT2D eigenvalue weighted by molar-refractivity contribution is 0.103. The van der Waals surface area contributed by atoms with Crippen LogP contribution in [0.4, 0.5) is 0 Å². The van der Waals surface area contributed by atoms with Crippen molar-refractivity contribution in [2.75, 3.05) is 0 Å². The molecule has 0 N–H and O–H groups in total. The minimum atomic E-state index is -0.0679. The van der Waals surface area contributed by atoms with Gasteiger partial charge in [-0.25, -0.2) is 4.98 Å². The molecule has 0 saturated carbocycles. The van der Waals surface area contributed by atoms with Crippen LogP contribution in [-0.2, 0) is 7.05 Å². The van der Waals surface area contributed by atoms with Crippen molar-refractivity contribution in [3.8, 4) is 0 Å². The molecule has 0 radical (unpaired) electrons. The lowest BCUT2D eigenvalue weighted by Gasteiger charge is -2.07. The number of carbonyl (C=O) groups excluding carboxylic acids is 1.